The maximum atomic E-state index is 13.7. The maximum Gasteiger partial charge on any atom is 0.264 e. The molecule has 1 unspecified atom stereocenters. The van der Waals surface area contributed by atoms with Crippen LogP contribution in [0.25, 0.3) is 0 Å². The van der Waals surface area contributed by atoms with Crippen LogP contribution in [-0.4, -0.2) is 20.9 Å². The Bertz CT molecular complexity index is 1420. The minimum absolute atomic E-state index is 0.133. The molecule has 5 nitrogen and oxygen atoms in total. The van der Waals surface area contributed by atoms with Crippen LogP contribution in [0, 0.1) is 6.92 Å². The fraction of sp³-hybridized carbons (Fsp3) is 0.194. The highest BCUT2D eigenvalue weighted by Crippen LogP contribution is 2.27. The van der Waals surface area contributed by atoms with Crippen LogP contribution >= 0.6 is 0 Å². The minimum Gasteiger partial charge on any atom is -0.344 e. The molecule has 0 saturated heterocycles. The van der Waals surface area contributed by atoms with Gasteiger partial charge in [-0.1, -0.05) is 104 Å². The second-order valence-electron chi connectivity index (χ2n) is 9.39. The predicted octanol–water partition coefficient (Wildman–Crippen LogP) is 6.22. The number of aryl methyl sites for hydroxylation is 1. The molecular weight excluding hydrogens is 480 g/mol. The lowest BCUT2D eigenvalue weighted by molar-refractivity contribution is -0.120. The third-order valence-electron chi connectivity index (χ3n) is 6.32. The molecule has 0 aliphatic carbocycles. The number of rotatable bonds is 9. The number of nitrogens with one attached hydrogen (secondary N) is 1. The lowest BCUT2D eigenvalue weighted by Gasteiger charge is -2.26. The molecule has 0 saturated carbocycles. The van der Waals surface area contributed by atoms with Crippen LogP contribution in [0.3, 0.4) is 0 Å². The van der Waals surface area contributed by atoms with Crippen molar-refractivity contribution in [2.24, 2.45) is 0 Å². The van der Waals surface area contributed by atoms with Gasteiger partial charge >= 0.3 is 0 Å². The number of hydrogen-bond donors (Lipinski definition) is 1. The molecule has 6 heteroatoms. The molecule has 4 rings (SSSR count). The zero-order valence-corrected chi connectivity index (χ0v) is 22.2. The standard InChI is InChI=1S/C31H32N2O3S/c1-23(2)25-18-20-28(21-19-25)33(37(35,36)29-12-8-5-9-13-29)22-30(34)32-31(26-10-6-4-7-11-26)27-16-14-24(3)15-17-27/h4-21,23,31H,22H2,1-3H3,(H,32,34). The summed E-state index contributed by atoms with van der Waals surface area (Å²) in [4.78, 5) is 13.6. The molecule has 0 spiro atoms. The number of anilines is 1. The summed E-state index contributed by atoms with van der Waals surface area (Å²) in [5.74, 6) is -0.0976. The van der Waals surface area contributed by atoms with E-state index in [0.717, 1.165) is 22.3 Å². The van der Waals surface area contributed by atoms with E-state index in [0.29, 0.717) is 11.6 Å². The van der Waals surface area contributed by atoms with Crippen LogP contribution in [-0.2, 0) is 14.8 Å². The fourth-order valence-corrected chi connectivity index (χ4v) is 5.60. The Morgan fingerprint density at radius 3 is 1.81 bits per heavy atom. The highest BCUT2D eigenvalue weighted by atomic mass is 32.2. The van der Waals surface area contributed by atoms with E-state index in [1.165, 1.54) is 4.31 Å². The van der Waals surface area contributed by atoms with Gasteiger partial charge < -0.3 is 5.32 Å². The number of amides is 1. The quantitative estimate of drug-likeness (QED) is 0.290. The number of hydrogen-bond acceptors (Lipinski definition) is 3. The Morgan fingerprint density at radius 1 is 0.730 bits per heavy atom. The smallest absolute Gasteiger partial charge is 0.264 e. The van der Waals surface area contributed by atoms with E-state index in [-0.39, 0.29) is 11.4 Å². The third-order valence-corrected chi connectivity index (χ3v) is 8.10. The first kappa shape index (κ1) is 26.2. The summed E-state index contributed by atoms with van der Waals surface area (Å²) in [5.41, 5.74) is 4.48. The molecule has 4 aromatic carbocycles. The molecular formula is C31H32N2O3S. The normalized spacial score (nSPS) is 12.2. The minimum atomic E-state index is -3.98. The van der Waals surface area contributed by atoms with Gasteiger partial charge in [0, 0.05) is 0 Å². The molecule has 0 radical (unpaired) electrons. The lowest BCUT2D eigenvalue weighted by Crippen LogP contribution is -2.42. The van der Waals surface area contributed by atoms with Crippen LogP contribution in [0.4, 0.5) is 5.69 Å². The average Bonchev–Trinajstić information content (AvgIpc) is 2.92. The van der Waals surface area contributed by atoms with Crippen molar-refractivity contribution in [2.75, 3.05) is 10.8 Å². The number of sulfonamides is 1. The topological polar surface area (TPSA) is 66.5 Å². The summed E-state index contributed by atoms with van der Waals surface area (Å²) in [6.45, 7) is 5.82. The first-order valence-electron chi connectivity index (χ1n) is 12.3. The summed E-state index contributed by atoms with van der Waals surface area (Å²) in [6.07, 6.45) is 0. The SMILES string of the molecule is Cc1ccc(C(NC(=O)CN(c2ccc(C(C)C)cc2)S(=O)(=O)c2ccccc2)c2ccccc2)cc1. The van der Waals surface area contributed by atoms with Gasteiger partial charge in [-0.3, -0.25) is 9.10 Å². The van der Waals surface area contributed by atoms with Gasteiger partial charge in [0.1, 0.15) is 6.54 Å². The second-order valence-corrected chi connectivity index (χ2v) is 11.3. The zero-order chi connectivity index (χ0) is 26.4. The number of benzene rings is 4. The summed E-state index contributed by atoms with van der Waals surface area (Å²) < 4.78 is 28.6. The molecule has 1 atom stereocenters. The van der Waals surface area contributed by atoms with Gasteiger partial charge in [-0.2, -0.15) is 0 Å². The molecule has 0 aromatic heterocycles. The van der Waals surface area contributed by atoms with Crippen molar-refractivity contribution in [3.8, 4) is 0 Å². The maximum absolute atomic E-state index is 13.7. The number of nitrogens with zero attached hydrogens (tertiary/aromatic N) is 1. The monoisotopic (exact) mass is 512 g/mol. The fourth-order valence-electron chi connectivity index (χ4n) is 4.16. The highest BCUT2D eigenvalue weighted by molar-refractivity contribution is 7.92. The molecule has 37 heavy (non-hydrogen) atoms. The molecule has 0 fully saturated rings. The molecule has 4 aromatic rings. The number of carbonyl (C=O) groups is 1. The van der Waals surface area contributed by atoms with E-state index in [9.17, 15) is 13.2 Å². The van der Waals surface area contributed by atoms with Gasteiger partial charge in [-0.25, -0.2) is 8.42 Å². The first-order valence-corrected chi connectivity index (χ1v) is 13.8. The van der Waals surface area contributed by atoms with Crippen LogP contribution in [0.1, 0.15) is 48.1 Å². The summed E-state index contributed by atoms with van der Waals surface area (Å²) >= 11 is 0. The van der Waals surface area contributed by atoms with Crippen LogP contribution in [0.5, 0.6) is 0 Å². The lowest BCUT2D eigenvalue weighted by atomic mass is 9.98. The van der Waals surface area contributed by atoms with E-state index in [1.807, 2.05) is 73.7 Å². The molecule has 0 heterocycles. The molecule has 0 aliphatic heterocycles. The Labute approximate surface area is 219 Å². The average molecular weight is 513 g/mol. The molecule has 1 amide bonds. The molecule has 1 N–H and O–H groups in total. The van der Waals surface area contributed by atoms with E-state index in [1.54, 1.807) is 42.5 Å². The van der Waals surface area contributed by atoms with E-state index in [4.69, 9.17) is 0 Å². The van der Waals surface area contributed by atoms with Crippen LogP contribution < -0.4 is 9.62 Å². The van der Waals surface area contributed by atoms with E-state index in [2.05, 4.69) is 19.2 Å². The summed E-state index contributed by atoms with van der Waals surface area (Å²) in [7, 11) is -3.98. The molecule has 190 valence electrons. The van der Waals surface area contributed by atoms with Crippen LogP contribution in [0.15, 0.2) is 114 Å². The first-order chi connectivity index (χ1) is 17.8. The van der Waals surface area contributed by atoms with Crippen molar-refractivity contribution < 1.29 is 13.2 Å². The second kappa shape index (κ2) is 11.4. The molecule has 0 aliphatic rings. The van der Waals surface area contributed by atoms with Gasteiger partial charge in [0.15, 0.2) is 0 Å². The van der Waals surface area contributed by atoms with Crippen LogP contribution in [0.2, 0.25) is 0 Å². The zero-order valence-electron chi connectivity index (χ0n) is 21.3. The van der Waals surface area contributed by atoms with Gasteiger partial charge in [0.2, 0.25) is 5.91 Å². The van der Waals surface area contributed by atoms with Gasteiger partial charge in [-0.05, 0) is 53.8 Å². The number of carbonyl (C=O) groups excluding carboxylic acids is 1. The van der Waals surface area contributed by atoms with Crippen molar-refractivity contribution in [1.29, 1.82) is 0 Å². The third kappa shape index (κ3) is 6.27. The Balaban J connectivity index is 1.68. The Morgan fingerprint density at radius 2 is 1.24 bits per heavy atom. The Kier molecular flexibility index (Phi) is 8.09. The van der Waals surface area contributed by atoms with Gasteiger partial charge in [0.05, 0.1) is 16.6 Å². The van der Waals surface area contributed by atoms with Crippen molar-refractivity contribution in [3.63, 3.8) is 0 Å². The molecule has 0 bridgehead atoms. The predicted molar refractivity (Wildman–Crippen MR) is 149 cm³/mol. The van der Waals surface area contributed by atoms with Crippen molar-refractivity contribution in [2.45, 2.75) is 37.6 Å². The summed E-state index contributed by atoms with van der Waals surface area (Å²) in [6, 6.07) is 32.8. The van der Waals surface area contributed by atoms with Crippen molar-refractivity contribution >= 4 is 21.6 Å². The summed E-state index contributed by atoms with van der Waals surface area (Å²) in [5, 5.41) is 3.08. The van der Waals surface area contributed by atoms with Crippen molar-refractivity contribution in [3.05, 3.63) is 131 Å². The van der Waals surface area contributed by atoms with Gasteiger partial charge in [0.25, 0.3) is 10.0 Å². The van der Waals surface area contributed by atoms with Gasteiger partial charge in [-0.15, -0.1) is 0 Å². The van der Waals surface area contributed by atoms with E-state index < -0.39 is 22.0 Å². The Hall–Kier alpha value is -3.90. The van der Waals surface area contributed by atoms with Crippen molar-refractivity contribution in [1.82, 2.24) is 5.32 Å². The van der Waals surface area contributed by atoms with E-state index >= 15 is 0 Å². The highest BCUT2D eigenvalue weighted by Gasteiger charge is 2.28. The largest absolute Gasteiger partial charge is 0.344 e.